The molecule has 0 radical (unpaired) electrons. The number of likely N-dealkylation sites (tertiary alicyclic amines) is 1. The first-order valence-electron chi connectivity index (χ1n) is 7.01. The summed E-state index contributed by atoms with van der Waals surface area (Å²) in [6.07, 6.45) is 5.00. The molecule has 5 nitrogen and oxygen atoms in total. The van der Waals surface area contributed by atoms with Crippen molar-refractivity contribution in [3.05, 3.63) is 0 Å². The Morgan fingerprint density at radius 3 is 2.67 bits per heavy atom. The average Bonchev–Trinajstić information content (AvgIpc) is 2.90. The van der Waals surface area contributed by atoms with Gasteiger partial charge in [0.15, 0.2) is 0 Å². The van der Waals surface area contributed by atoms with Gasteiger partial charge >= 0.3 is 0 Å². The molecule has 2 heterocycles. The Kier molecular flexibility index (Phi) is 4.99. The zero-order chi connectivity index (χ0) is 12.8. The van der Waals surface area contributed by atoms with Gasteiger partial charge in [-0.1, -0.05) is 0 Å². The van der Waals surface area contributed by atoms with Crippen molar-refractivity contribution in [2.75, 3.05) is 32.7 Å². The molecule has 102 valence electrons. The fourth-order valence-electron chi connectivity index (χ4n) is 2.65. The van der Waals surface area contributed by atoms with Crippen LogP contribution in [0.25, 0.3) is 0 Å². The van der Waals surface area contributed by atoms with Crippen molar-refractivity contribution >= 4 is 11.8 Å². The maximum Gasteiger partial charge on any atom is 0.241 e. The highest BCUT2D eigenvalue weighted by molar-refractivity contribution is 5.84. The summed E-state index contributed by atoms with van der Waals surface area (Å²) in [6.45, 7) is 3.79. The van der Waals surface area contributed by atoms with E-state index in [0.29, 0.717) is 12.3 Å². The molecular weight excluding hydrogens is 230 g/mol. The molecule has 5 heteroatoms. The van der Waals surface area contributed by atoms with Crippen molar-refractivity contribution < 1.29 is 9.59 Å². The highest BCUT2D eigenvalue weighted by Gasteiger charge is 2.20. The molecule has 0 bridgehead atoms. The van der Waals surface area contributed by atoms with Gasteiger partial charge < -0.3 is 15.5 Å². The monoisotopic (exact) mass is 253 g/mol. The van der Waals surface area contributed by atoms with Gasteiger partial charge in [0.1, 0.15) is 0 Å². The van der Waals surface area contributed by atoms with Gasteiger partial charge in [0.05, 0.1) is 6.54 Å². The van der Waals surface area contributed by atoms with Crippen LogP contribution in [0.4, 0.5) is 0 Å². The fourth-order valence-corrected chi connectivity index (χ4v) is 2.65. The number of amides is 2. The standard InChI is InChI=1S/C13H23N3O2/c17-12(8-11-4-5-14-9-11)15-10-13(18)16-6-2-1-3-7-16/h11,14H,1-10H2,(H,15,17). The van der Waals surface area contributed by atoms with E-state index in [2.05, 4.69) is 10.6 Å². The molecule has 18 heavy (non-hydrogen) atoms. The number of rotatable bonds is 4. The second-order valence-electron chi connectivity index (χ2n) is 5.28. The summed E-state index contributed by atoms with van der Waals surface area (Å²) in [4.78, 5) is 25.4. The van der Waals surface area contributed by atoms with Crippen LogP contribution in [-0.4, -0.2) is 49.4 Å². The Labute approximate surface area is 108 Å². The first-order chi connectivity index (χ1) is 8.75. The number of hydrogen-bond donors (Lipinski definition) is 2. The highest BCUT2D eigenvalue weighted by atomic mass is 16.2. The Bertz CT molecular complexity index is 295. The second-order valence-corrected chi connectivity index (χ2v) is 5.28. The predicted octanol–water partition coefficient (Wildman–Crippen LogP) is 0.115. The first-order valence-corrected chi connectivity index (χ1v) is 7.01. The molecule has 2 aliphatic heterocycles. The van der Waals surface area contributed by atoms with Crippen LogP contribution in [0, 0.1) is 5.92 Å². The molecule has 2 amide bonds. The van der Waals surface area contributed by atoms with Crippen molar-refractivity contribution in [2.45, 2.75) is 32.1 Å². The number of carbonyl (C=O) groups excluding carboxylic acids is 2. The van der Waals surface area contributed by atoms with Crippen LogP contribution < -0.4 is 10.6 Å². The first kappa shape index (κ1) is 13.3. The van der Waals surface area contributed by atoms with Crippen molar-refractivity contribution in [3.63, 3.8) is 0 Å². The molecule has 1 unspecified atom stereocenters. The van der Waals surface area contributed by atoms with Gasteiger partial charge in [-0.2, -0.15) is 0 Å². The maximum atomic E-state index is 11.8. The fraction of sp³-hybridized carbons (Fsp3) is 0.846. The topological polar surface area (TPSA) is 61.4 Å². The van der Waals surface area contributed by atoms with Crippen LogP contribution in [0.1, 0.15) is 32.1 Å². The third kappa shape index (κ3) is 3.98. The number of piperidine rings is 1. The molecule has 2 saturated heterocycles. The van der Waals surface area contributed by atoms with Gasteiger partial charge in [-0.25, -0.2) is 0 Å². The van der Waals surface area contributed by atoms with Crippen LogP contribution in [0.5, 0.6) is 0 Å². The van der Waals surface area contributed by atoms with Gasteiger partial charge in [0.25, 0.3) is 0 Å². The molecular formula is C13H23N3O2. The molecule has 0 aromatic carbocycles. The zero-order valence-corrected chi connectivity index (χ0v) is 10.9. The Morgan fingerprint density at radius 2 is 2.00 bits per heavy atom. The summed E-state index contributed by atoms with van der Waals surface area (Å²) in [6, 6.07) is 0. The Morgan fingerprint density at radius 1 is 1.22 bits per heavy atom. The summed E-state index contributed by atoms with van der Waals surface area (Å²) >= 11 is 0. The molecule has 0 aromatic rings. The predicted molar refractivity (Wildman–Crippen MR) is 69.0 cm³/mol. The van der Waals surface area contributed by atoms with Crippen molar-refractivity contribution in [2.24, 2.45) is 5.92 Å². The van der Waals surface area contributed by atoms with E-state index in [1.807, 2.05) is 4.90 Å². The van der Waals surface area contributed by atoms with E-state index in [0.717, 1.165) is 45.4 Å². The van der Waals surface area contributed by atoms with E-state index < -0.39 is 0 Å². The minimum atomic E-state index is 0.00839. The Hall–Kier alpha value is -1.10. The Balaban J connectivity index is 1.63. The van der Waals surface area contributed by atoms with E-state index in [1.165, 1.54) is 6.42 Å². The maximum absolute atomic E-state index is 11.8. The van der Waals surface area contributed by atoms with Crippen molar-refractivity contribution in [1.29, 1.82) is 0 Å². The largest absolute Gasteiger partial charge is 0.347 e. The van der Waals surface area contributed by atoms with Crippen LogP contribution in [0.3, 0.4) is 0 Å². The summed E-state index contributed by atoms with van der Waals surface area (Å²) in [7, 11) is 0. The van der Waals surface area contributed by atoms with Gasteiger partial charge in [0, 0.05) is 19.5 Å². The lowest BCUT2D eigenvalue weighted by Crippen LogP contribution is -2.42. The minimum absolute atomic E-state index is 0.00839. The lowest BCUT2D eigenvalue weighted by Gasteiger charge is -2.26. The number of carbonyl (C=O) groups is 2. The summed E-state index contributed by atoms with van der Waals surface area (Å²) in [5.74, 6) is 0.511. The quantitative estimate of drug-likeness (QED) is 0.748. The molecule has 0 spiro atoms. The van der Waals surface area contributed by atoms with Crippen LogP contribution in [-0.2, 0) is 9.59 Å². The summed E-state index contributed by atoms with van der Waals surface area (Å²) in [5, 5.41) is 5.99. The lowest BCUT2D eigenvalue weighted by molar-refractivity contribution is -0.133. The minimum Gasteiger partial charge on any atom is -0.347 e. The molecule has 2 rings (SSSR count). The molecule has 2 aliphatic rings. The summed E-state index contributed by atoms with van der Waals surface area (Å²) < 4.78 is 0. The number of nitrogens with zero attached hydrogens (tertiary/aromatic N) is 1. The van der Waals surface area contributed by atoms with E-state index >= 15 is 0 Å². The number of nitrogens with one attached hydrogen (secondary N) is 2. The second kappa shape index (κ2) is 6.73. The lowest BCUT2D eigenvalue weighted by atomic mass is 10.0. The van der Waals surface area contributed by atoms with E-state index in [9.17, 15) is 9.59 Å². The highest BCUT2D eigenvalue weighted by Crippen LogP contribution is 2.11. The van der Waals surface area contributed by atoms with Gasteiger partial charge in [-0.15, -0.1) is 0 Å². The third-order valence-electron chi connectivity index (χ3n) is 3.78. The smallest absolute Gasteiger partial charge is 0.241 e. The number of hydrogen-bond acceptors (Lipinski definition) is 3. The molecule has 2 N–H and O–H groups in total. The van der Waals surface area contributed by atoms with Crippen LogP contribution in [0.2, 0.25) is 0 Å². The van der Waals surface area contributed by atoms with E-state index in [4.69, 9.17) is 0 Å². The van der Waals surface area contributed by atoms with Gasteiger partial charge in [0.2, 0.25) is 11.8 Å². The molecule has 0 aliphatic carbocycles. The summed E-state index contributed by atoms with van der Waals surface area (Å²) in [5.41, 5.74) is 0. The van der Waals surface area contributed by atoms with Crippen LogP contribution in [0.15, 0.2) is 0 Å². The third-order valence-corrected chi connectivity index (χ3v) is 3.78. The zero-order valence-electron chi connectivity index (χ0n) is 10.9. The molecule has 1 atom stereocenters. The average molecular weight is 253 g/mol. The normalized spacial score (nSPS) is 24.0. The van der Waals surface area contributed by atoms with Gasteiger partial charge in [-0.05, 0) is 44.7 Å². The molecule has 0 saturated carbocycles. The van der Waals surface area contributed by atoms with E-state index in [-0.39, 0.29) is 18.4 Å². The molecule has 0 aromatic heterocycles. The van der Waals surface area contributed by atoms with E-state index in [1.54, 1.807) is 0 Å². The molecule has 2 fully saturated rings. The SMILES string of the molecule is O=C(CC1CCNC1)NCC(=O)N1CCCCC1. The van der Waals surface area contributed by atoms with Crippen molar-refractivity contribution in [3.8, 4) is 0 Å². The van der Waals surface area contributed by atoms with Crippen molar-refractivity contribution in [1.82, 2.24) is 15.5 Å². The van der Waals surface area contributed by atoms with Gasteiger partial charge in [-0.3, -0.25) is 9.59 Å². The van der Waals surface area contributed by atoms with Crippen LogP contribution >= 0.6 is 0 Å².